The van der Waals surface area contributed by atoms with Gasteiger partial charge < -0.3 is 9.90 Å². The molecule has 2 atom stereocenters. The first-order valence-corrected chi connectivity index (χ1v) is 3.22. The van der Waals surface area contributed by atoms with E-state index in [0.717, 1.165) is 6.29 Å². The number of hydrogen-bond donors (Lipinski definition) is 1. The van der Waals surface area contributed by atoms with Gasteiger partial charge in [0.05, 0.1) is 5.60 Å². The largest absolute Gasteiger partial charge is 0.389 e. The average molecular weight is 130 g/mol. The average Bonchev–Trinajstić information content (AvgIpc) is 1.86. The van der Waals surface area contributed by atoms with Crippen LogP contribution in [0.2, 0.25) is 0 Å². The van der Waals surface area contributed by atoms with Gasteiger partial charge in [-0.1, -0.05) is 13.8 Å². The molecule has 0 saturated heterocycles. The molecule has 0 saturated carbocycles. The van der Waals surface area contributed by atoms with E-state index < -0.39 is 5.60 Å². The Hall–Kier alpha value is -0.370. The molecule has 0 aliphatic carbocycles. The summed E-state index contributed by atoms with van der Waals surface area (Å²) in [6.45, 7) is 5.25. The maximum atomic E-state index is 10.2. The number of carbonyl (C=O) groups is 1. The number of rotatable bonds is 3. The molecule has 9 heavy (non-hydrogen) atoms. The molecule has 54 valence electrons. The first-order chi connectivity index (χ1) is 4.04. The predicted molar refractivity (Wildman–Crippen MR) is 36.1 cm³/mol. The molecule has 2 unspecified atom stereocenters. The molecule has 0 amide bonds. The highest BCUT2D eigenvalue weighted by molar-refractivity contribution is 5.54. The zero-order chi connectivity index (χ0) is 7.49. The summed E-state index contributed by atoms with van der Waals surface area (Å²) in [6.07, 6.45) is 1.40. The van der Waals surface area contributed by atoms with Gasteiger partial charge in [0.25, 0.3) is 0 Å². The van der Waals surface area contributed by atoms with Crippen molar-refractivity contribution < 1.29 is 9.90 Å². The fourth-order valence-electron chi connectivity index (χ4n) is 0.469. The molecule has 0 radical (unpaired) electrons. The first-order valence-electron chi connectivity index (χ1n) is 3.22. The number of aliphatic hydroxyl groups is 1. The van der Waals surface area contributed by atoms with Gasteiger partial charge in [0.2, 0.25) is 0 Å². The molecule has 0 aliphatic heterocycles. The summed E-state index contributed by atoms with van der Waals surface area (Å²) >= 11 is 0. The standard InChI is InChI=1S/C7H14O2/c1-4-7(3,9)6(2)5-8/h5-6,9H,4H2,1-3H3. The van der Waals surface area contributed by atoms with Crippen LogP contribution in [-0.2, 0) is 4.79 Å². The monoisotopic (exact) mass is 130 g/mol. The van der Waals surface area contributed by atoms with Crippen LogP contribution in [0.15, 0.2) is 0 Å². The quantitative estimate of drug-likeness (QED) is 0.578. The van der Waals surface area contributed by atoms with Crippen molar-refractivity contribution >= 4 is 6.29 Å². The Kier molecular flexibility index (Phi) is 2.85. The molecule has 0 spiro atoms. The van der Waals surface area contributed by atoms with Crippen molar-refractivity contribution in [3.05, 3.63) is 0 Å². The van der Waals surface area contributed by atoms with E-state index in [9.17, 15) is 9.90 Å². The highest BCUT2D eigenvalue weighted by atomic mass is 16.3. The van der Waals surface area contributed by atoms with Crippen LogP contribution < -0.4 is 0 Å². The normalized spacial score (nSPS) is 20.4. The number of hydrogen-bond acceptors (Lipinski definition) is 2. The Balaban J connectivity index is 3.95. The van der Waals surface area contributed by atoms with Crippen molar-refractivity contribution in [3.63, 3.8) is 0 Å². The Morgan fingerprint density at radius 2 is 2.22 bits per heavy atom. The van der Waals surface area contributed by atoms with Crippen LogP contribution >= 0.6 is 0 Å². The minimum absolute atomic E-state index is 0.262. The van der Waals surface area contributed by atoms with Gasteiger partial charge in [0.1, 0.15) is 6.29 Å². The smallest absolute Gasteiger partial charge is 0.125 e. The third-order valence-electron chi connectivity index (χ3n) is 1.90. The maximum absolute atomic E-state index is 10.2. The van der Waals surface area contributed by atoms with E-state index in [4.69, 9.17) is 0 Å². The lowest BCUT2D eigenvalue weighted by Crippen LogP contribution is -2.32. The molecule has 1 N–H and O–H groups in total. The predicted octanol–water partition coefficient (Wildman–Crippen LogP) is 0.982. The van der Waals surface area contributed by atoms with Crippen molar-refractivity contribution in [2.75, 3.05) is 0 Å². The van der Waals surface area contributed by atoms with Crippen LogP contribution in [0, 0.1) is 5.92 Å². The molecular formula is C7H14O2. The van der Waals surface area contributed by atoms with Crippen LogP contribution in [0.5, 0.6) is 0 Å². The SMILES string of the molecule is CCC(C)(O)C(C)C=O. The molecule has 0 rings (SSSR count). The molecule has 0 bridgehead atoms. The van der Waals surface area contributed by atoms with Crippen LogP contribution in [-0.4, -0.2) is 17.0 Å². The molecule has 0 aromatic heterocycles. The first kappa shape index (κ1) is 8.63. The topological polar surface area (TPSA) is 37.3 Å². The second-order valence-corrected chi connectivity index (χ2v) is 2.64. The van der Waals surface area contributed by atoms with Crippen LogP contribution in [0.4, 0.5) is 0 Å². The van der Waals surface area contributed by atoms with E-state index in [1.807, 2.05) is 6.92 Å². The molecule has 0 aromatic rings. The third kappa shape index (κ3) is 2.14. The van der Waals surface area contributed by atoms with E-state index in [-0.39, 0.29) is 5.92 Å². The summed E-state index contributed by atoms with van der Waals surface area (Å²) < 4.78 is 0. The summed E-state index contributed by atoms with van der Waals surface area (Å²) in [5.41, 5.74) is -0.818. The molecule has 2 heteroatoms. The van der Waals surface area contributed by atoms with Gasteiger partial charge in [-0.25, -0.2) is 0 Å². The van der Waals surface area contributed by atoms with Crippen molar-refractivity contribution in [2.24, 2.45) is 5.92 Å². The van der Waals surface area contributed by atoms with Gasteiger partial charge in [-0.3, -0.25) is 0 Å². The van der Waals surface area contributed by atoms with Gasteiger partial charge >= 0.3 is 0 Å². The highest BCUT2D eigenvalue weighted by Gasteiger charge is 2.24. The lowest BCUT2D eigenvalue weighted by molar-refractivity contribution is -0.118. The summed E-state index contributed by atoms with van der Waals surface area (Å²) in [4.78, 5) is 10.2. The van der Waals surface area contributed by atoms with Crippen molar-refractivity contribution in [1.29, 1.82) is 0 Å². The summed E-state index contributed by atoms with van der Waals surface area (Å²) in [5.74, 6) is -0.262. The Morgan fingerprint density at radius 1 is 1.78 bits per heavy atom. The van der Waals surface area contributed by atoms with Gasteiger partial charge in [-0.05, 0) is 13.3 Å². The van der Waals surface area contributed by atoms with Crippen molar-refractivity contribution in [3.8, 4) is 0 Å². The molecule has 0 aromatic carbocycles. The fraction of sp³-hybridized carbons (Fsp3) is 0.857. The molecule has 0 fully saturated rings. The zero-order valence-corrected chi connectivity index (χ0v) is 6.22. The van der Waals surface area contributed by atoms with E-state index in [1.54, 1.807) is 13.8 Å². The van der Waals surface area contributed by atoms with Crippen molar-refractivity contribution in [1.82, 2.24) is 0 Å². The van der Waals surface area contributed by atoms with Crippen LogP contribution in [0.3, 0.4) is 0 Å². The summed E-state index contributed by atoms with van der Waals surface area (Å²) in [5, 5.41) is 9.36. The highest BCUT2D eigenvalue weighted by Crippen LogP contribution is 2.17. The summed E-state index contributed by atoms with van der Waals surface area (Å²) in [7, 11) is 0. The van der Waals surface area contributed by atoms with E-state index in [1.165, 1.54) is 0 Å². The fourth-order valence-corrected chi connectivity index (χ4v) is 0.469. The van der Waals surface area contributed by atoms with Crippen LogP contribution in [0.1, 0.15) is 27.2 Å². The van der Waals surface area contributed by atoms with Gasteiger partial charge in [-0.15, -0.1) is 0 Å². The van der Waals surface area contributed by atoms with E-state index in [2.05, 4.69) is 0 Å². The minimum Gasteiger partial charge on any atom is -0.389 e. The van der Waals surface area contributed by atoms with E-state index >= 15 is 0 Å². The van der Waals surface area contributed by atoms with Gasteiger partial charge in [-0.2, -0.15) is 0 Å². The summed E-state index contributed by atoms with van der Waals surface area (Å²) in [6, 6.07) is 0. The zero-order valence-electron chi connectivity index (χ0n) is 6.22. The second-order valence-electron chi connectivity index (χ2n) is 2.64. The third-order valence-corrected chi connectivity index (χ3v) is 1.90. The molecule has 0 aliphatic rings. The lowest BCUT2D eigenvalue weighted by atomic mass is 9.90. The lowest BCUT2D eigenvalue weighted by Gasteiger charge is -2.24. The Bertz CT molecular complexity index is 97.1. The molecular weight excluding hydrogens is 116 g/mol. The molecule has 2 nitrogen and oxygen atoms in total. The second kappa shape index (κ2) is 2.97. The Labute approximate surface area is 55.9 Å². The van der Waals surface area contributed by atoms with Gasteiger partial charge in [0, 0.05) is 5.92 Å². The Morgan fingerprint density at radius 3 is 2.33 bits per heavy atom. The van der Waals surface area contributed by atoms with Crippen LogP contribution in [0.25, 0.3) is 0 Å². The minimum atomic E-state index is -0.818. The van der Waals surface area contributed by atoms with E-state index in [0.29, 0.717) is 6.42 Å². The number of carbonyl (C=O) groups excluding carboxylic acids is 1. The molecule has 0 heterocycles. The van der Waals surface area contributed by atoms with Crippen molar-refractivity contribution in [2.45, 2.75) is 32.8 Å². The maximum Gasteiger partial charge on any atom is 0.125 e. The van der Waals surface area contributed by atoms with Gasteiger partial charge in [0.15, 0.2) is 0 Å². The number of aldehydes is 1.